The fourth-order valence-corrected chi connectivity index (χ4v) is 3.42. The van der Waals surface area contributed by atoms with Crippen LogP contribution in [0.3, 0.4) is 0 Å². The average molecular weight is 321 g/mol. The third-order valence-corrected chi connectivity index (χ3v) is 4.72. The molecule has 1 aliphatic rings. The van der Waals surface area contributed by atoms with Gasteiger partial charge < -0.3 is 10.2 Å². The Morgan fingerprint density at radius 2 is 1.52 bits per heavy atom. The molecule has 0 saturated heterocycles. The van der Waals surface area contributed by atoms with Crippen molar-refractivity contribution in [3.63, 3.8) is 0 Å². The molecule has 0 unspecified atom stereocenters. The number of aliphatic hydroxyl groups is 2. The zero-order valence-electron chi connectivity index (χ0n) is 12.9. The molecule has 124 valence electrons. The Kier molecular flexibility index (Phi) is 4.37. The van der Waals surface area contributed by atoms with E-state index >= 15 is 0 Å². The second-order valence-electron chi connectivity index (χ2n) is 6.16. The van der Waals surface area contributed by atoms with Crippen LogP contribution in [0.4, 0.5) is 0 Å². The zero-order chi connectivity index (χ0) is 17.4. The highest BCUT2D eigenvalue weighted by Gasteiger charge is 2.67. The number of carbonyl (C=O) groups excluding carboxylic acids is 2. The van der Waals surface area contributed by atoms with Crippen LogP contribution in [-0.2, 0) is 9.59 Å². The van der Waals surface area contributed by atoms with Gasteiger partial charge >= 0.3 is 0 Å². The van der Waals surface area contributed by atoms with E-state index in [9.17, 15) is 29.9 Å². The van der Waals surface area contributed by atoms with Crippen molar-refractivity contribution in [2.45, 2.75) is 49.9 Å². The quantitative estimate of drug-likeness (QED) is 0.627. The first-order chi connectivity index (χ1) is 10.6. The van der Waals surface area contributed by atoms with Crippen LogP contribution in [0.15, 0.2) is 30.3 Å². The lowest BCUT2D eigenvalue weighted by molar-refractivity contribution is -0.564. The summed E-state index contributed by atoms with van der Waals surface area (Å²) in [5.41, 5.74) is -4.10. The summed E-state index contributed by atoms with van der Waals surface area (Å²) in [7, 11) is 0. The molecule has 1 saturated carbocycles. The molecule has 0 amide bonds. The van der Waals surface area contributed by atoms with E-state index < -0.39 is 39.7 Å². The Labute approximate surface area is 133 Å². The maximum Gasteiger partial charge on any atom is 0.283 e. The fourth-order valence-electron chi connectivity index (χ4n) is 3.42. The number of Topliss-reactive ketones (excluding diaryl/α,β-unsaturated/α-hetero) is 2. The first kappa shape index (κ1) is 17.2. The Morgan fingerprint density at radius 1 is 1.09 bits per heavy atom. The van der Waals surface area contributed by atoms with Crippen molar-refractivity contribution < 1.29 is 24.7 Å². The van der Waals surface area contributed by atoms with Gasteiger partial charge in [-0.3, -0.25) is 19.7 Å². The second kappa shape index (κ2) is 5.82. The van der Waals surface area contributed by atoms with Crippen molar-refractivity contribution in [1.29, 1.82) is 0 Å². The molecule has 0 spiro atoms. The number of nitro groups is 1. The Morgan fingerprint density at radius 3 is 1.87 bits per heavy atom. The van der Waals surface area contributed by atoms with E-state index in [0.29, 0.717) is 5.56 Å². The molecule has 4 atom stereocenters. The number of carbonyl (C=O) groups is 2. The van der Waals surface area contributed by atoms with Gasteiger partial charge in [-0.1, -0.05) is 30.3 Å². The van der Waals surface area contributed by atoms with Crippen molar-refractivity contribution in [3.8, 4) is 0 Å². The summed E-state index contributed by atoms with van der Waals surface area (Å²) in [4.78, 5) is 34.4. The lowest BCUT2D eigenvalue weighted by Gasteiger charge is -2.45. The van der Waals surface area contributed by atoms with Crippen LogP contribution in [0.1, 0.15) is 38.2 Å². The van der Waals surface area contributed by atoms with Crippen LogP contribution in [0.2, 0.25) is 0 Å². The molecule has 7 nitrogen and oxygen atoms in total. The van der Waals surface area contributed by atoms with Gasteiger partial charge in [0.25, 0.3) is 6.04 Å². The van der Waals surface area contributed by atoms with Crippen molar-refractivity contribution in [3.05, 3.63) is 46.0 Å². The topological polar surface area (TPSA) is 118 Å². The van der Waals surface area contributed by atoms with Gasteiger partial charge in [-0.2, -0.15) is 0 Å². The molecule has 1 aromatic rings. The van der Waals surface area contributed by atoms with Crippen LogP contribution in [0.25, 0.3) is 0 Å². The van der Waals surface area contributed by atoms with Gasteiger partial charge in [0.2, 0.25) is 0 Å². The first-order valence-electron chi connectivity index (χ1n) is 7.28. The molecule has 2 N–H and O–H groups in total. The van der Waals surface area contributed by atoms with Gasteiger partial charge in [0, 0.05) is 4.92 Å². The summed E-state index contributed by atoms with van der Waals surface area (Å²) in [5.74, 6) is -2.21. The Bertz CT molecular complexity index is 615. The summed E-state index contributed by atoms with van der Waals surface area (Å²) < 4.78 is 0. The SMILES string of the molecule is CC(=O)[C@]1(O)C[C@H](c2ccccc2)C[C@](O)(C(C)=O)[C@H]1[N+](=O)[O-]. The molecule has 0 aromatic heterocycles. The molecule has 1 aliphatic carbocycles. The number of benzene rings is 1. The number of nitrogens with zero attached hydrogens (tertiary/aromatic N) is 1. The molecule has 0 bridgehead atoms. The Hall–Kier alpha value is -2.12. The molecule has 7 heteroatoms. The largest absolute Gasteiger partial charge is 0.376 e. The van der Waals surface area contributed by atoms with E-state index in [0.717, 1.165) is 13.8 Å². The molecule has 23 heavy (non-hydrogen) atoms. The molecular formula is C16H19NO6. The highest BCUT2D eigenvalue weighted by atomic mass is 16.6. The summed E-state index contributed by atoms with van der Waals surface area (Å²) in [5, 5.41) is 32.8. The summed E-state index contributed by atoms with van der Waals surface area (Å²) in [6, 6.07) is 6.66. The molecule has 1 fully saturated rings. The maximum atomic E-state index is 11.9. The monoisotopic (exact) mass is 321 g/mol. The van der Waals surface area contributed by atoms with Crippen LogP contribution >= 0.6 is 0 Å². The molecule has 0 heterocycles. The van der Waals surface area contributed by atoms with Gasteiger partial charge in [-0.15, -0.1) is 0 Å². The molecule has 0 radical (unpaired) electrons. The number of rotatable bonds is 4. The van der Waals surface area contributed by atoms with Gasteiger partial charge in [0.1, 0.15) is 0 Å². The lowest BCUT2D eigenvalue weighted by atomic mass is 9.62. The summed E-state index contributed by atoms with van der Waals surface area (Å²) in [6.07, 6.45) is -0.429. The van der Waals surface area contributed by atoms with Gasteiger partial charge in [0.05, 0.1) is 0 Å². The van der Waals surface area contributed by atoms with Crippen molar-refractivity contribution in [2.24, 2.45) is 0 Å². The molecular weight excluding hydrogens is 302 g/mol. The smallest absolute Gasteiger partial charge is 0.283 e. The standard InChI is InChI=1S/C16H19NO6/c1-10(18)15(20)8-13(12-6-4-3-5-7-12)9-16(21,11(2)19)14(15)17(22)23/h3-7,13-14,20-21H,8-9H2,1-2H3/t13-,14-,15+,16-. The minimum absolute atomic E-state index is 0.215. The van der Waals surface area contributed by atoms with Crippen LogP contribution in [-0.4, -0.2) is 43.9 Å². The van der Waals surface area contributed by atoms with E-state index in [2.05, 4.69) is 0 Å². The van der Waals surface area contributed by atoms with Crippen molar-refractivity contribution in [2.75, 3.05) is 0 Å². The van der Waals surface area contributed by atoms with Gasteiger partial charge in [-0.25, -0.2) is 0 Å². The van der Waals surface area contributed by atoms with E-state index in [1.807, 2.05) is 0 Å². The fraction of sp³-hybridized carbons (Fsp3) is 0.500. The van der Waals surface area contributed by atoms with E-state index in [1.54, 1.807) is 30.3 Å². The molecule has 1 aromatic carbocycles. The lowest BCUT2D eigenvalue weighted by Crippen LogP contribution is -2.69. The number of ketones is 2. The number of hydrogen-bond donors (Lipinski definition) is 2. The minimum atomic E-state index is -2.40. The van der Waals surface area contributed by atoms with Gasteiger partial charge in [0.15, 0.2) is 22.8 Å². The van der Waals surface area contributed by atoms with Crippen LogP contribution in [0, 0.1) is 10.1 Å². The minimum Gasteiger partial charge on any atom is -0.376 e. The third kappa shape index (κ3) is 2.77. The van der Waals surface area contributed by atoms with Crippen LogP contribution in [0.5, 0.6) is 0 Å². The highest BCUT2D eigenvalue weighted by Crippen LogP contribution is 2.46. The number of hydrogen-bond acceptors (Lipinski definition) is 6. The second-order valence-corrected chi connectivity index (χ2v) is 6.16. The zero-order valence-corrected chi connectivity index (χ0v) is 12.9. The molecule has 2 rings (SSSR count). The highest BCUT2D eigenvalue weighted by molar-refractivity contribution is 5.91. The van der Waals surface area contributed by atoms with E-state index in [1.165, 1.54) is 0 Å². The maximum absolute atomic E-state index is 11.9. The van der Waals surface area contributed by atoms with E-state index in [4.69, 9.17) is 0 Å². The van der Waals surface area contributed by atoms with Crippen molar-refractivity contribution in [1.82, 2.24) is 0 Å². The normalized spacial score (nSPS) is 33.9. The average Bonchev–Trinajstić information content (AvgIpc) is 2.46. The third-order valence-electron chi connectivity index (χ3n) is 4.72. The Balaban J connectivity index is 2.59. The predicted molar refractivity (Wildman–Crippen MR) is 80.5 cm³/mol. The molecule has 0 aliphatic heterocycles. The van der Waals surface area contributed by atoms with Crippen molar-refractivity contribution >= 4 is 11.6 Å². The summed E-state index contributed by atoms with van der Waals surface area (Å²) >= 11 is 0. The first-order valence-corrected chi connectivity index (χ1v) is 7.28. The van der Waals surface area contributed by atoms with E-state index in [-0.39, 0.29) is 12.8 Å². The van der Waals surface area contributed by atoms with Gasteiger partial charge in [-0.05, 0) is 38.2 Å². The summed E-state index contributed by atoms with van der Waals surface area (Å²) in [6.45, 7) is 2.06. The predicted octanol–water partition coefficient (Wildman–Crippen LogP) is 0.849. The van der Waals surface area contributed by atoms with Crippen LogP contribution < -0.4 is 0 Å².